The standard InChI is InChI=1S/C16H29NO3/c1-15(2,3)20-14(19)10-9-13(18)17-12-8-6-7-11-16(12,4)5/h12H,6-11H2,1-5H3,(H,17,18). The molecule has 0 spiro atoms. The zero-order valence-electron chi connectivity index (χ0n) is 13.5. The summed E-state index contributed by atoms with van der Waals surface area (Å²) in [6, 6.07) is 0.224. The SMILES string of the molecule is CC(C)(C)OC(=O)CCC(=O)NC1CCCCC1(C)C. The van der Waals surface area contributed by atoms with Crippen LogP contribution < -0.4 is 5.32 Å². The van der Waals surface area contributed by atoms with E-state index in [2.05, 4.69) is 19.2 Å². The average Bonchev–Trinajstić information content (AvgIpc) is 2.27. The molecule has 1 fully saturated rings. The van der Waals surface area contributed by atoms with Crippen LogP contribution in [0.25, 0.3) is 0 Å². The van der Waals surface area contributed by atoms with E-state index in [1.54, 1.807) is 0 Å². The molecule has 0 saturated heterocycles. The van der Waals surface area contributed by atoms with Crippen LogP contribution in [0.15, 0.2) is 0 Å². The molecular formula is C16H29NO3. The summed E-state index contributed by atoms with van der Waals surface area (Å²) in [5.74, 6) is -0.355. The van der Waals surface area contributed by atoms with Crippen LogP contribution >= 0.6 is 0 Å². The molecule has 1 aliphatic carbocycles. The molecule has 0 aliphatic heterocycles. The Labute approximate surface area is 122 Å². The van der Waals surface area contributed by atoms with Gasteiger partial charge in [-0.05, 0) is 39.0 Å². The van der Waals surface area contributed by atoms with Crippen LogP contribution in [0.2, 0.25) is 0 Å². The van der Waals surface area contributed by atoms with E-state index in [4.69, 9.17) is 4.74 Å². The third-order valence-electron chi connectivity index (χ3n) is 3.82. The van der Waals surface area contributed by atoms with Gasteiger partial charge in [0, 0.05) is 12.5 Å². The first kappa shape index (κ1) is 17.0. The Balaban J connectivity index is 2.35. The lowest BCUT2D eigenvalue weighted by Crippen LogP contribution is -2.46. The molecule has 20 heavy (non-hydrogen) atoms. The van der Waals surface area contributed by atoms with E-state index in [0.717, 1.165) is 12.8 Å². The topological polar surface area (TPSA) is 55.4 Å². The smallest absolute Gasteiger partial charge is 0.306 e. The van der Waals surface area contributed by atoms with Crippen LogP contribution in [-0.4, -0.2) is 23.5 Å². The maximum atomic E-state index is 12.0. The van der Waals surface area contributed by atoms with Gasteiger partial charge in [0.15, 0.2) is 0 Å². The van der Waals surface area contributed by atoms with Crippen molar-refractivity contribution >= 4 is 11.9 Å². The lowest BCUT2D eigenvalue weighted by atomic mass is 9.73. The summed E-state index contributed by atoms with van der Waals surface area (Å²) >= 11 is 0. The van der Waals surface area contributed by atoms with Gasteiger partial charge in [0.1, 0.15) is 5.60 Å². The van der Waals surface area contributed by atoms with Crippen molar-refractivity contribution in [2.75, 3.05) is 0 Å². The fourth-order valence-corrected chi connectivity index (χ4v) is 2.64. The molecule has 116 valence electrons. The van der Waals surface area contributed by atoms with Gasteiger partial charge in [-0.15, -0.1) is 0 Å². The monoisotopic (exact) mass is 283 g/mol. The lowest BCUT2D eigenvalue weighted by molar-refractivity contribution is -0.155. The van der Waals surface area contributed by atoms with E-state index in [-0.39, 0.29) is 36.2 Å². The molecule has 0 heterocycles. The highest BCUT2D eigenvalue weighted by molar-refractivity contribution is 5.81. The molecule has 0 radical (unpaired) electrons. The number of ether oxygens (including phenoxy) is 1. The van der Waals surface area contributed by atoms with Crippen molar-refractivity contribution in [3.05, 3.63) is 0 Å². The fraction of sp³-hybridized carbons (Fsp3) is 0.875. The summed E-state index contributed by atoms with van der Waals surface area (Å²) in [5, 5.41) is 3.08. The maximum absolute atomic E-state index is 12.0. The van der Waals surface area contributed by atoms with E-state index in [9.17, 15) is 9.59 Å². The van der Waals surface area contributed by atoms with Crippen molar-refractivity contribution in [1.29, 1.82) is 0 Å². The van der Waals surface area contributed by atoms with Crippen molar-refractivity contribution in [2.45, 2.75) is 84.8 Å². The lowest BCUT2D eigenvalue weighted by Gasteiger charge is -2.39. The minimum atomic E-state index is -0.487. The second-order valence-corrected chi connectivity index (χ2v) is 7.44. The molecule has 0 bridgehead atoms. The Kier molecular flexibility index (Phi) is 5.60. The summed E-state index contributed by atoms with van der Waals surface area (Å²) in [6.07, 6.45) is 4.94. The highest BCUT2D eigenvalue weighted by atomic mass is 16.6. The third-order valence-corrected chi connectivity index (χ3v) is 3.82. The minimum absolute atomic E-state index is 0.0455. The first-order valence-corrected chi connectivity index (χ1v) is 7.61. The zero-order chi connectivity index (χ0) is 15.4. The molecule has 4 heteroatoms. The molecule has 0 aromatic heterocycles. The van der Waals surface area contributed by atoms with Crippen LogP contribution in [0.1, 0.15) is 73.1 Å². The minimum Gasteiger partial charge on any atom is -0.460 e. The molecule has 1 aliphatic rings. The number of hydrogen-bond donors (Lipinski definition) is 1. The van der Waals surface area contributed by atoms with E-state index >= 15 is 0 Å². The molecule has 0 aromatic rings. The average molecular weight is 283 g/mol. The number of rotatable bonds is 4. The van der Waals surface area contributed by atoms with E-state index in [1.165, 1.54) is 12.8 Å². The highest BCUT2D eigenvalue weighted by Gasteiger charge is 2.33. The van der Waals surface area contributed by atoms with Crippen LogP contribution in [0.3, 0.4) is 0 Å². The fourth-order valence-electron chi connectivity index (χ4n) is 2.64. The number of carbonyl (C=O) groups excluding carboxylic acids is 2. The van der Waals surface area contributed by atoms with Crippen molar-refractivity contribution < 1.29 is 14.3 Å². The van der Waals surface area contributed by atoms with Gasteiger partial charge >= 0.3 is 5.97 Å². The molecular weight excluding hydrogens is 254 g/mol. The molecule has 1 unspecified atom stereocenters. The predicted octanol–water partition coefficient (Wildman–Crippen LogP) is 3.19. The normalized spacial score (nSPS) is 22.1. The maximum Gasteiger partial charge on any atom is 0.306 e. The number of carbonyl (C=O) groups is 2. The number of nitrogens with one attached hydrogen (secondary N) is 1. The van der Waals surface area contributed by atoms with Crippen LogP contribution in [0.5, 0.6) is 0 Å². The number of hydrogen-bond acceptors (Lipinski definition) is 3. The van der Waals surface area contributed by atoms with Gasteiger partial charge < -0.3 is 10.1 Å². The van der Waals surface area contributed by atoms with Crippen molar-refractivity contribution in [3.63, 3.8) is 0 Å². The van der Waals surface area contributed by atoms with Gasteiger partial charge in [0.25, 0.3) is 0 Å². The summed E-state index contributed by atoms with van der Waals surface area (Å²) in [6.45, 7) is 9.89. The Morgan fingerprint density at radius 1 is 1.20 bits per heavy atom. The van der Waals surface area contributed by atoms with Gasteiger partial charge in [-0.3, -0.25) is 9.59 Å². The predicted molar refractivity (Wildman–Crippen MR) is 79.3 cm³/mol. The second-order valence-electron chi connectivity index (χ2n) is 7.44. The van der Waals surface area contributed by atoms with Gasteiger partial charge in [-0.25, -0.2) is 0 Å². The summed E-state index contributed by atoms with van der Waals surface area (Å²) in [4.78, 5) is 23.5. The molecule has 1 saturated carbocycles. The third kappa shape index (κ3) is 5.93. The van der Waals surface area contributed by atoms with Crippen LogP contribution in [0.4, 0.5) is 0 Å². The first-order valence-electron chi connectivity index (χ1n) is 7.61. The van der Waals surface area contributed by atoms with Gasteiger partial charge in [0.05, 0.1) is 6.42 Å². The quantitative estimate of drug-likeness (QED) is 0.806. The van der Waals surface area contributed by atoms with Crippen molar-refractivity contribution in [2.24, 2.45) is 5.41 Å². The van der Waals surface area contributed by atoms with E-state index < -0.39 is 5.60 Å². The second kappa shape index (κ2) is 6.59. The summed E-state index contributed by atoms with van der Waals surface area (Å²) in [5.41, 5.74) is -0.335. The molecule has 1 atom stereocenters. The Morgan fingerprint density at radius 3 is 2.40 bits per heavy atom. The summed E-state index contributed by atoms with van der Waals surface area (Å²) in [7, 11) is 0. The van der Waals surface area contributed by atoms with Crippen molar-refractivity contribution in [1.82, 2.24) is 5.32 Å². The Hall–Kier alpha value is -1.06. The molecule has 0 aromatic carbocycles. The first-order chi connectivity index (χ1) is 9.10. The number of amides is 1. The van der Waals surface area contributed by atoms with E-state index in [1.807, 2.05) is 20.8 Å². The molecule has 1 rings (SSSR count). The molecule has 4 nitrogen and oxygen atoms in total. The van der Waals surface area contributed by atoms with Crippen molar-refractivity contribution in [3.8, 4) is 0 Å². The van der Waals surface area contributed by atoms with Gasteiger partial charge in [-0.2, -0.15) is 0 Å². The Bertz CT molecular complexity index is 355. The Morgan fingerprint density at radius 2 is 1.85 bits per heavy atom. The van der Waals surface area contributed by atoms with Crippen LogP contribution in [0, 0.1) is 5.41 Å². The molecule has 1 amide bonds. The summed E-state index contributed by atoms with van der Waals surface area (Å²) < 4.78 is 5.20. The van der Waals surface area contributed by atoms with E-state index in [0.29, 0.717) is 0 Å². The van der Waals surface area contributed by atoms with Gasteiger partial charge in [0.2, 0.25) is 5.91 Å². The zero-order valence-corrected chi connectivity index (χ0v) is 13.5. The van der Waals surface area contributed by atoms with Crippen LogP contribution in [-0.2, 0) is 14.3 Å². The molecule has 1 N–H and O–H groups in total. The highest BCUT2D eigenvalue weighted by Crippen LogP contribution is 2.35. The largest absolute Gasteiger partial charge is 0.460 e. The number of esters is 1. The van der Waals surface area contributed by atoms with Gasteiger partial charge in [-0.1, -0.05) is 26.7 Å².